The summed E-state index contributed by atoms with van der Waals surface area (Å²) in [5, 5.41) is 11.5. The van der Waals surface area contributed by atoms with Crippen LogP contribution in [0.1, 0.15) is 26.5 Å². The highest BCUT2D eigenvalue weighted by molar-refractivity contribution is 6.30. The van der Waals surface area contributed by atoms with Crippen molar-refractivity contribution in [3.63, 3.8) is 0 Å². The summed E-state index contributed by atoms with van der Waals surface area (Å²) in [5.41, 5.74) is 0.161. The number of aromatic carboxylic acids is 1. The monoisotopic (exact) mass is 308 g/mol. The van der Waals surface area contributed by atoms with Crippen LogP contribution in [-0.4, -0.2) is 22.0 Å². The van der Waals surface area contributed by atoms with Gasteiger partial charge in [0.15, 0.2) is 0 Å². The van der Waals surface area contributed by atoms with Crippen LogP contribution < -0.4 is 5.32 Å². The molecule has 0 saturated heterocycles. The zero-order valence-corrected chi connectivity index (χ0v) is 11.6. The van der Waals surface area contributed by atoms with Gasteiger partial charge in [0, 0.05) is 5.02 Å². The highest BCUT2D eigenvalue weighted by Gasteiger charge is 2.14. The van der Waals surface area contributed by atoms with Crippen molar-refractivity contribution in [2.24, 2.45) is 0 Å². The minimum atomic E-state index is -1.13. The van der Waals surface area contributed by atoms with Crippen molar-refractivity contribution in [1.29, 1.82) is 0 Å². The molecule has 0 spiro atoms. The fraction of sp³-hybridized carbons (Fsp3) is 0.0714. The van der Waals surface area contributed by atoms with E-state index in [0.29, 0.717) is 0 Å². The Morgan fingerprint density at radius 1 is 1.29 bits per heavy atom. The second-order valence-corrected chi connectivity index (χ2v) is 4.65. The van der Waals surface area contributed by atoms with Gasteiger partial charge in [-0.05, 0) is 37.3 Å². The first kappa shape index (κ1) is 14.9. The Hall–Kier alpha value is -2.47. The molecule has 108 valence electrons. The first-order chi connectivity index (χ1) is 9.88. The molecule has 0 atom stereocenters. The molecule has 0 bridgehead atoms. The second-order valence-electron chi connectivity index (χ2n) is 4.21. The number of nitrogens with one attached hydrogen (secondary N) is 1. The van der Waals surface area contributed by atoms with Crippen molar-refractivity contribution < 1.29 is 19.1 Å². The van der Waals surface area contributed by atoms with E-state index >= 15 is 0 Å². The maximum Gasteiger partial charge on any atom is 0.337 e. The van der Waals surface area contributed by atoms with E-state index in [1.165, 1.54) is 31.2 Å². The number of aryl methyl sites for hydroxylation is 1. The number of carbonyl (C=O) groups excluding carboxylic acids is 1. The van der Waals surface area contributed by atoms with E-state index in [-0.39, 0.29) is 27.7 Å². The number of carbonyl (C=O) groups is 2. The number of carboxylic acids is 1. The predicted octanol–water partition coefficient (Wildman–Crippen LogP) is 3.13. The molecule has 2 aromatic rings. The van der Waals surface area contributed by atoms with Crippen LogP contribution in [0.2, 0.25) is 5.02 Å². The molecule has 0 aliphatic carbocycles. The van der Waals surface area contributed by atoms with E-state index in [2.05, 4.69) is 10.3 Å². The number of aromatic nitrogens is 1. The van der Waals surface area contributed by atoms with Gasteiger partial charge in [-0.15, -0.1) is 0 Å². The molecule has 0 fully saturated rings. The van der Waals surface area contributed by atoms with Gasteiger partial charge in [0.05, 0.1) is 16.9 Å². The normalized spacial score (nSPS) is 10.2. The lowest BCUT2D eigenvalue weighted by Crippen LogP contribution is -2.16. The van der Waals surface area contributed by atoms with Gasteiger partial charge in [-0.3, -0.25) is 4.79 Å². The fourth-order valence-corrected chi connectivity index (χ4v) is 1.85. The first-order valence-corrected chi connectivity index (χ1v) is 6.23. The van der Waals surface area contributed by atoms with Crippen LogP contribution in [0.3, 0.4) is 0 Å². The lowest BCUT2D eigenvalue weighted by atomic mass is 10.2. The lowest BCUT2D eigenvalue weighted by molar-refractivity contribution is 0.0695. The van der Waals surface area contributed by atoms with Crippen molar-refractivity contribution in [3.8, 4) is 0 Å². The van der Waals surface area contributed by atoms with E-state index in [9.17, 15) is 14.0 Å². The number of amides is 1. The molecule has 0 aliphatic heterocycles. The minimum absolute atomic E-state index is 0.00391. The first-order valence-electron chi connectivity index (χ1n) is 5.86. The number of halogens is 2. The molecule has 1 aromatic carbocycles. The largest absolute Gasteiger partial charge is 0.478 e. The van der Waals surface area contributed by atoms with Crippen molar-refractivity contribution in [1.82, 2.24) is 4.98 Å². The molecule has 1 heterocycles. The van der Waals surface area contributed by atoms with Gasteiger partial charge in [0.25, 0.3) is 5.91 Å². The van der Waals surface area contributed by atoms with Crippen LogP contribution in [0.15, 0.2) is 30.3 Å². The minimum Gasteiger partial charge on any atom is -0.478 e. The standard InChI is InChI=1S/C14H10ClFN2O3/c1-7-9(14(20)21)3-5-12(17-7)13(19)18-11-4-2-8(15)6-10(11)16/h2-6H,1H3,(H,18,19)(H,20,21). The van der Waals surface area contributed by atoms with Gasteiger partial charge >= 0.3 is 5.97 Å². The van der Waals surface area contributed by atoms with E-state index < -0.39 is 17.7 Å². The summed E-state index contributed by atoms with van der Waals surface area (Å²) < 4.78 is 13.6. The summed E-state index contributed by atoms with van der Waals surface area (Å²) in [5.74, 6) is -2.44. The molecule has 0 radical (unpaired) electrons. The summed E-state index contributed by atoms with van der Waals surface area (Å²) in [6.07, 6.45) is 0. The number of hydrogen-bond donors (Lipinski definition) is 2. The number of hydrogen-bond acceptors (Lipinski definition) is 3. The van der Waals surface area contributed by atoms with Crippen molar-refractivity contribution in [2.75, 3.05) is 5.32 Å². The van der Waals surface area contributed by atoms with E-state index in [1.54, 1.807) is 0 Å². The third-order valence-electron chi connectivity index (χ3n) is 2.73. The highest BCUT2D eigenvalue weighted by Crippen LogP contribution is 2.19. The Morgan fingerprint density at radius 2 is 2.00 bits per heavy atom. The van der Waals surface area contributed by atoms with Crippen LogP contribution in [0.25, 0.3) is 0 Å². The van der Waals surface area contributed by atoms with Crippen LogP contribution >= 0.6 is 11.6 Å². The zero-order valence-electron chi connectivity index (χ0n) is 10.9. The molecule has 7 heteroatoms. The SMILES string of the molecule is Cc1nc(C(=O)Nc2ccc(Cl)cc2F)ccc1C(=O)O. The van der Waals surface area contributed by atoms with Crippen molar-refractivity contribution >= 4 is 29.2 Å². The van der Waals surface area contributed by atoms with Crippen LogP contribution in [0, 0.1) is 12.7 Å². The third-order valence-corrected chi connectivity index (χ3v) is 2.96. The Bertz CT molecular complexity index is 734. The third kappa shape index (κ3) is 3.35. The van der Waals surface area contributed by atoms with Crippen molar-refractivity contribution in [2.45, 2.75) is 6.92 Å². The average Bonchev–Trinajstić information content (AvgIpc) is 2.41. The van der Waals surface area contributed by atoms with Crippen LogP contribution in [-0.2, 0) is 0 Å². The second kappa shape index (κ2) is 5.88. The molecular formula is C14H10ClFN2O3. The molecule has 2 rings (SSSR count). The Labute approximate surface area is 124 Å². The summed E-state index contributed by atoms with van der Waals surface area (Å²) in [7, 11) is 0. The number of nitrogens with zero attached hydrogens (tertiary/aromatic N) is 1. The molecule has 0 unspecified atom stereocenters. The van der Waals surface area contributed by atoms with Gasteiger partial charge in [-0.2, -0.15) is 0 Å². The number of anilines is 1. The van der Waals surface area contributed by atoms with E-state index in [1.807, 2.05) is 0 Å². The summed E-state index contributed by atoms with van der Waals surface area (Å²) in [4.78, 5) is 26.7. The molecule has 21 heavy (non-hydrogen) atoms. The van der Waals surface area contributed by atoms with Gasteiger partial charge < -0.3 is 10.4 Å². The van der Waals surface area contributed by atoms with Crippen molar-refractivity contribution in [3.05, 3.63) is 58.1 Å². The topological polar surface area (TPSA) is 79.3 Å². The maximum absolute atomic E-state index is 13.6. The smallest absolute Gasteiger partial charge is 0.337 e. The average molecular weight is 309 g/mol. The van der Waals surface area contributed by atoms with Gasteiger partial charge in [0.2, 0.25) is 0 Å². The van der Waals surface area contributed by atoms with Crippen LogP contribution in [0.5, 0.6) is 0 Å². The number of pyridine rings is 1. The molecular weight excluding hydrogens is 299 g/mol. The zero-order chi connectivity index (χ0) is 15.6. The molecule has 5 nitrogen and oxygen atoms in total. The molecule has 1 amide bonds. The Kier molecular flexibility index (Phi) is 4.18. The predicted molar refractivity (Wildman–Crippen MR) is 75.3 cm³/mol. The summed E-state index contributed by atoms with van der Waals surface area (Å²) in [6.45, 7) is 1.48. The summed E-state index contributed by atoms with van der Waals surface area (Å²) >= 11 is 5.62. The van der Waals surface area contributed by atoms with Gasteiger partial charge in [0.1, 0.15) is 11.5 Å². The maximum atomic E-state index is 13.6. The van der Waals surface area contributed by atoms with Gasteiger partial charge in [-0.1, -0.05) is 11.6 Å². The Balaban J connectivity index is 2.24. The fourth-order valence-electron chi connectivity index (χ4n) is 1.69. The van der Waals surface area contributed by atoms with E-state index in [4.69, 9.17) is 16.7 Å². The number of carboxylic acid groups (broad SMARTS) is 1. The number of benzene rings is 1. The number of rotatable bonds is 3. The quantitative estimate of drug-likeness (QED) is 0.913. The molecule has 2 N–H and O–H groups in total. The van der Waals surface area contributed by atoms with E-state index in [0.717, 1.165) is 6.07 Å². The molecule has 0 aliphatic rings. The highest BCUT2D eigenvalue weighted by atomic mass is 35.5. The Morgan fingerprint density at radius 3 is 2.57 bits per heavy atom. The van der Waals surface area contributed by atoms with Crippen LogP contribution in [0.4, 0.5) is 10.1 Å². The summed E-state index contributed by atoms with van der Waals surface area (Å²) in [6, 6.07) is 6.38. The van der Waals surface area contributed by atoms with Gasteiger partial charge in [-0.25, -0.2) is 14.2 Å². The molecule has 0 saturated carbocycles. The lowest BCUT2D eigenvalue weighted by Gasteiger charge is -2.07. The molecule has 1 aromatic heterocycles.